The normalized spacial score (nSPS) is 13.5. The van der Waals surface area contributed by atoms with Crippen molar-refractivity contribution in [3.63, 3.8) is 0 Å². The van der Waals surface area contributed by atoms with Crippen molar-refractivity contribution in [3.8, 4) is 0 Å². The van der Waals surface area contributed by atoms with Crippen LogP contribution in [0.2, 0.25) is 0 Å². The third kappa shape index (κ3) is 3.87. The molecule has 1 atom stereocenters. The van der Waals surface area contributed by atoms with Gasteiger partial charge in [-0.3, -0.25) is 0 Å². The summed E-state index contributed by atoms with van der Waals surface area (Å²) < 4.78 is 0. The fraction of sp³-hybridized carbons (Fsp3) is 0.308. The fourth-order valence-electron chi connectivity index (χ4n) is 1.56. The topological polar surface area (TPSA) is 61.9 Å². The maximum Gasteiger partial charge on any atom is 0.0527 e. The summed E-state index contributed by atoms with van der Waals surface area (Å²) in [5.41, 5.74) is 7.97. The van der Waals surface area contributed by atoms with Crippen molar-refractivity contribution in [2.45, 2.75) is 19.4 Å². The average Bonchev–Trinajstić information content (AvgIpc) is 2.26. The van der Waals surface area contributed by atoms with E-state index in [4.69, 9.17) is 11.1 Å². The number of hydrogen-bond donors (Lipinski definition) is 3. The molecule has 1 aromatic rings. The summed E-state index contributed by atoms with van der Waals surface area (Å²) in [6.45, 7) is 1.80. The number of nitrogens with two attached hydrogens (primary N) is 1. The highest BCUT2D eigenvalue weighted by molar-refractivity contribution is 5.97. The second kappa shape index (κ2) is 6.08. The van der Waals surface area contributed by atoms with Gasteiger partial charge in [-0.05, 0) is 32.0 Å². The molecular formula is C13H19N3. The molecule has 0 aromatic heterocycles. The van der Waals surface area contributed by atoms with Crippen LogP contribution in [0, 0.1) is 5.41 Å². The first-order chi connectivity index (χ1) is 7.63. The maximum absolute atomic E-state index is 7.91. The highest BCUT2D eigenvalue weighted by atomic mass is 14.9. The van der Waals surface area contributed by atoms with Crippen LogP contribution in [-0.2, 0) is 6.42 Å². The number of hydrogen-bond acceptors (Lipinski definition) is 3. The van der Waals surface area contributed by atoms with E-state index in [2.05, 4.69) is 17.4 Å². The first-order valence-electron chi connectivity index (χ1n) is 5.37. The van der Waals surface area contributed by atoms with Crippen molar-refractivity contribution < 1.29 is 0 Å². The molecule has 0 saturated heterocycles. The number of allylic oxidation sites excluding steroid dienone is 1. The van der Waals surface area contributed by atoms with Gasteiger partial charge in [0.1, 0.15) is 0 Å². The second-order valence-electron chi connectivity index (χ2n) is 3.87. The lowest BCUT2D eigenvalue weighted by Gasteiger charge is -2.15. The van der Waals surface area contributed by atoms with Crippen LogP contribution in [-0.4, -0.2) is 18.8 Å². The van der Waals surface area contributed by atoms with E-state index in [1.807, 2.05) is 25.2 Å². The van der Waals surface area contributed by atoms with E-state index in [-0.39, 0.29) is 6.04 Å². The second-order valence-corrected chi connectivity index (χ2v) is 3.87. The van der Waals surface area contributed by atoms with Crippen molar-refractivity contribution in [3.05, 3.63) is 47.7 Å². The summed E-state index contributed by atoms with van der Waals surface area (Å²) in [6, 6.07) is 10.2. The Hall–Kier alpha value is -1.61. The van der Waals surface area contributed by atoms with Crippen LogP contribution >= 0.6 is 0 Å². The van der Waals surface area contributed by atoms with Crippen LogP contribution in [0.25, 0.3) is 0 Å². The summed E-state index contributed by atoms with van der Waals surface area (Å²) in [4.78, 5) is 0. The van der Waals surface area contributed by atoms with Crippen LogP contribution < -0.4 is 11.1 Å². The van der Waals surface area contributed by atoms with E-state index in [1.165, 1.54) is 5.56 Å². The molecule has 0 aliphatic rings. The van der Waals surface area contributed by atoms with Crippen LogP contribution in [0.1, 0.15) is 12.5 Å². The van der Waals surface area contributed by atoms with Crippen molar-refractivity contribution in [1.82, 2.24) is 5.32 Å². The van der Waals surface area contributed by atoms with Gasteiger partial charge < -0.3 is 16.5 Å². The summed E-state index contributed by atoms with van der Waals surface area (Å²) in [5, 5.41) is 11.0. The molecule has 1 aromatic carbocycles. The van der Waals surface area contributed by atoms with Crippen molar-refractivity contribution >= 4 is 5.71 Å². The molecule has 86 valence electrons. The molecule has 1 unspecified atom stereocenters. The van der Waals surface area contributed by atoms with Crippen molar-refractivity contribution in [2.75, 3.05) is 7.05 Å². The van der Waals surface area contributed by atoms with Crippen LogP contribution in [0.5, 0.6) is 0 Å². The number of benzene rings is 1. The molecule has 16 heavy (non-hydrogen) atoms. The van der Waals surface area contributed by atoms with E-state index in [0.717, 1.165) is 6.42 Å². The molecule has 0 aliphatic heterocycles. The maximum atomic E-state index is 7.91. The fourth-order valence-corrected chi connectivity index (χ4v) is 1.56. The van der Waals surface area contributed by atoms with E-state index >= 15 is 0 Å². The minimum absolute atomic E-state index is 0.0147. The average molecular weight is 217 g/mol. The smallest absolute Gasteiger partial charge is 0.0527 e. The Morgan fingerprint density at radius 3 is 2.56 bits per heavy atom. The number of nitrogens with one attached hydrogen (secondary N) is 2. The predicted molar refractivity (Wildman–Crippen MR) is 68.7 cm³/mol. The zero-order valence-corrected chi connectivity index (χ0v) is 9.83. The Balaban J connectivity index is 2.70. The quantitative estimate of drug-likeness (QED) is 0.657. The van der Waals surface area contributed by atoms with Gasteiger partial charge in [0.15, 0.2) is 0 Å². The molecular weight excluding hydrogens is 198 g/mol. The third-order valence-electron chi connectivity index (χ3n) is 2.39. The van der Waals surface area contributed by atoms with Gasteiger partial charge in [0, 0.05) is 5.70 Å². The summed E-state index contributed by atoms with van der Waals surface area (Å²) in [5.74, 6) is 0. The van der Waals surface area contributed by atoms with Gasteiger partial charge in [0.25, 0.3) is 0 Å². The highest BCUT2D eigenvalue weighted by Gasteiger charge is 2.10. The van der Waals surface area contributed by atoms with Gasteiger partial charge in [0.2, 0.25) is 0 Å². The molecule has 0 amide bonds. The monoisotopic (exact) mass is 217 g/mol. The SMILES string of the molecule is CNC(Cc1ccccc1)C(=N)C=C(C)N. The Bertz CT molecular complexity index is 364. The first kappa shape index (κ1) is 12.5. The van der Waals surface area contributed by atoms with E-state index in [9.17, 15) is 0 Å². The summed E-state index contributed by atoms with van der Waals surface area (Å²) in [6.07, 6.45) is 2.50. The molecule has 0 saturated carbocycles. The van der Waals surface area contributed by atoms with Crippen molar-refractivity contribution in [2.24, 2.45) is 5.73 Å². The number of likely N-dealkylation sites (N-methyl/N-ethyl adjacent to an activating group) is 1. The van der Waals surface area contributed by atoms with Crippen LogP contribution in [0.15, 0.2) is 42.1 Å². The highest BCUT2D eigenvalue weighted by Crippen LogP contribution is 2.04. The molecule has 0 aliphatic carbocycles. The van der Waals surface area contributed by atoms with Gasteiger partial charge in [-0.1, -0.05) is 30.3 Å². The van der Waals surface area contributed by atoms with E-state index in [1.54, 1.807) is 13.0 Å². The predicted octanol–water partition coefficient (Wildman–Crippen LogP) is 1.70. The Kier molecular flexibility index (Phi) is 4.73. The lowest BCUT2D eigenvalue weighted by atomic mass is 10.0. The van der Waals surface area contributed by atoms with Gasteiger partial charge in [0.05, 0.1) is 11.8 Å². The zero-order valence-electron chi connectivity index (χ0n) is 9.83. The Labute approximate surface area is 96.9 Å². The molecule has 0 bridgehead atoms. The molecule has 0 fully saturated rings. The summed E-state index contributed by atoms with van der Waals surface area (Å²) >= 11 is 0. The molecule has 3 heteroatoms. The molecule has 0 radical (unpaired) electrons. The van der Waals surface area contributed by atoms with Gasteiger partial charge in [-0.15, -0.1) is 0 Å². The zero-order chi connectivity index (χ0) is 12.0. The third-order valence-corrected chi connectivity index (χ3v) is 2.39. The van der Waals surface area contributed by atoms with E-state index < -0.39 is 0 Å². The lowest BCUT2D eigenvalue weighted by molar-refractivity contribution is 0.694. The largest absolute Gasteiger partial charge is 0.402 e. The standard InChI is InChI=1S/C13H19N3/c1-10(14)8-12(15)13(16-2)9-11-6-4-3-5-7-11/h3-8,13,15-16H,9,14H2,1-2H3. The van der Waals surface area contributed by atoms with Crippen LogP contribution in [0.3, 0.4) is 0 Å². The lowest BCUT2D eigenvalue weighted by Crippen LogP contribution is -2.35. The Morgan fingerprint density at radius 1 is 1.44 bits per heavy atom. The van der Waals surface area contributed by atoms with E-state index in [0.29, 0.717) is 11.4 Å². The Morgan fingerprint density at radius 2 is 2.06 bits per heavy atom. The summed E-state index contributed by atoms with van der Waals surface area (Å²) in [7, 11) is 1.86. The van der Waals surface area contributed by atoms with Gasteiger partial charge in [-0.25, -0.2) is 0 Å². The van der Waals surface area contributed by atoms with Gasteiger partial charge >= 0.3 is 0 Å². The van der Waals surface area contributed by atoms with Crippen molar-refractivity contribution in [1.29, 1.82) is 5.41 Å². The first-order valence-corrected chi connectivity index (χ1v) is 5.37. The minimum atomic E-state index is 0.0147. The van der Waals surface area contributed by atoms with Crippen LogP contribution in [0.4, 0.5) is 0 Å². The molecule has 0 heterocycles. The molecule has 0 spiro atoms. The number of rotatable bonds is 5. The molecule has 4 N–H and O–H groups in total. The minimum Gasteiger partial charge on any atom is -0.402 e. The molecule has 1 rings (SSSR count). The van der Waals surface area contributed by atoms with Gasteiger partial charge in [-0.2, -0.15) is 0 Å². The molecule has 3 nitrogen and oxygen atoms in total.